The van der Waals surface area contributed by atoms with Crippen molar-refractivity contribution in [1.29, 1.82) is 0 Å². The molecule has 4 rings (SSSR count). The summed E-state index contributed by atoms with van der Waals surface area (Å²) in [4.78, 5) is 32.7. The molecule has 178 valence electrons. The first-order chi connectivity index (χ1) is 16.5. The highest BCUT2D eigenvalue weighted by Gasteiger charge is 2.26. The summed E-state index contributed by atoms with van der Waals surface area (Å²) >= 11 is 0. The van der Waals surface area contributed by atoms with Crippen LogP contribution in [0.2, 0.25) is 0 Å². The summed E-state index contributed by atoms with van der Waals surface area (Å²) in [6.45, 7) is 6.51. The topological polar surface area (TPSA) is 93.7 Å². The average molecular weight is 462 g/mol. The fraction of sp³-hybridized carbons (Fsp3) is 0.346. The SMILES string of the molecule is C=Cc1ccc(N2CCC(N(C)C(=O)COCCn3ccc4ccc(C(N)=O)cc43)CC2)nc1. The summed E-state index contributed by atoms with van der Waals surface area (Å²) in [5, 5.41) is 1.03. The monoisotopic (exact) mass is 461 g/mol. The van der Waals surface area contributed by atoms with Gasteiger partial charge in [-0.25, -0.2) is 4.98 Å². The largest absolute Gasteiger partial charge is 0.370 e. The first-order valence-corrected chi connectivity index (χ1v) is 11.5. The average Bonchev–Trinajstić information content (AvgIpc) is 3.28. The Morgan fingerprint density at radius 1 is 1.24 bits per heavy atom. The van der Waals surface area contributed by atoms with Crippen LogP contribution < -0.4 is 10.6 Å². The van der Waals surface area contributed by atoms with Gasteiger partial charge in [0.1, 0.15) is 12.4 Å². The van der Waals surface area contributed by atoms with Crippen molar-refractivity contribution in [2.45, 2.75) is 25.4 Å². The van der Waals surface area contributed by atoms with E-state index in [0.29, 0.717) is 18.7 Å². The van der Waals surface area contributed by atoms with E-state index in [0.717, 1.165) is 48.2 Å². The predicted molar refractivity (Wildman–Crippen MR) is 134 cm³/mol. The summed E-state index contributed by atoms with van der Waals surface area (Å²) in [5.74, 6) is 0.495. The molecule has 8 nitrogen and oxygen atoms in total. The van der Waals surface area contributed by atoms with Gasteiger partial charge in [-0.05, 0) is 54.1 Å². The molecule has 8 heteroatoms. The van der Waals surface area contributed by atoms with Crippen molar-refractivity contribution in [3.05, 3.63) is 66.5 Å². The van der Waals surface area contributed by atoms with E-state index in [9.17, 15) is 9.59 Å². The summed E-state index contributed by atoms with van der Waals surface area (Å²) in [7, 11) is 1.86. The Morgan fingerprint density at radius 3 is 2.71 bits per heavy atom. The van der Waals surface area contributed by atoms with Gasteiger partial charge in [-0.3, -0.25) is 9.59 Å². The second-order valence-electron chi connectivity index (χ2n) is 8.58. The van der Waals surface area contributed by atoms with E-state index < -0.39 is 5.91 Å². The Balaban J connectivity index is 1.22. The summed E-state index contributed by atoms with van der Waals surface area (Å²) in [6.07, 6.45) is 7.34. The van der Waals surface area contributed by atoms with E-state index in [1.54, 1.807) is 18.2 Å². The van der Waals surface area contributed by atoms with E-state index >= 15 is 0 Å². The smallest absolute Gasteiger partial charge is 0.248 e. The van der Waals surface area contributed by atoms with Crippen molar-refractivity contribution in [3.63, 3.8) is 0 Å². The Morgan fingerprint density at radius 2 is 2.03 bits per heavy atom. The lowest BCUT2D eigenvalue weighted by Gasteiger charge is -2.37. The van der Waals surface area contributed by atoms with E-state index in [1.807, 2.05) is 53.2 Å². The molecule has 2 amide bonds. The minimum atomic E-state index is -0.452. The second kappa shape index (κ2) is 10.5. The minimum Gasteiger partial charge on any atom is -0.370 e. The molecule has 0 bridgehead atoms. The Hall–Kier alpha value is -3.65. The molecule has 0 unspecified atom stereocenters. The van der Waals surface area contributed by atoms with Crippen molar-refractivity contribution < 1.29 is 14.3 Å². The number of hydrogen-bond acceptors (Lipinski definition) is 5. The maximum atomic E-state index is 12.7. The Labute approximate surface area is 199 Å². The van der Waals surface area contributed by atoms with Gasteiger partial charge in [0, 0.05) is 56.2 Å². The molecule has 1 aromatic carbocycles. The second-order valence-corrected chi connectivity index (χ2v) is 8.58. The molecule has 0 radical (unpaired) electrons. The van der Waals surface area contributed by atoms with E-state index in [-0.39, 0.29) is 18.6 Å². The minimum absolute atomic E-state index is 0.0136. The lowest BCUT2D eigenvalue weighted by atomic mass is 10.0. The molecule has 3 heterocycles. The number of hydrogen-bond donors (Lipinski definition) is 1. The van der Waals surface area contributed by atoms with Crippen LogP contribution in [0, 0.1) is 0 Å². The zero-order valence-electron chi connectivity index (χ0n) is 19.5. The van der Waals surface area contributed by atoms with Crippen LogP contribution in [0.15, 0.2) is 55.4 Å². The molecular weight excluding hydrogens is 430 g/mol. The summed E-state index contributed by atoms with van der Waals surface area (Å²) < 4.78 is 7.69. The lowest BCUT2D eigenvalue weighted by Crippen LogP contribution is -2.46. The van der Waals surface area contributed by atoms with Crippen LogP contribution in [-0.2, 0) is 16.1 Å². The third-order valence-corrected chi connectivity index (χ3v) is 6.50. The molecule has 2 aromatic heterocycles. The first-order valence-electron chi connectivity index (χ1n) is 11.5. The fourth-order valence-electron chi connectivity index (χ4n) is 4.35. The number of benzene rings is 1. The molecular formula is C26H31N5O3. The van der Waals surface area contributed by atoms with Crippen molar-refractivity contribution in [2.24, 2.45) is 5.73 Å². The van der Waals surface area contributed by atoms with Crippen LogP contribution in [0.3, 0.4) is 0 Å². The van der Waals surface area contributed by atoms with E-state index in [1.165, 1.54) is 0 Å². The highest BCUT2D eigenvalue weighted by molar-refractivity contribution is 5.97. The quantitative estimate of drug-likeness (QED) is 0.495. The highest BCUT2D eigenvalue weighted by atomic mass is 16.5. The maximum absolute atomic E-state index is 12.7. The van der Waals surface area contributed by atoms with Crippen LogP contribution in [0.5, 0.6) is 0 Å². The summed E-state index contributed by atoms with van der Waals surface area (Å²) in [6, 6.07) is 11.6. The van der Waals surface area contributed by atoms with Gasteiger partial charge >= 0.3 is 0 Å². The number of ether oxygens (including phenoxy) is 1. The number of amides is 2. The molecule has 0 atom stereocenters. The third-order valence-electron chi connectivity index (χ3n) is 6.50. The van der Waals surface area contributed by atoms with Gasteiger partial charge in [-0.1, -0.05) is 18.7 Å². The number of anilines is 1. The molecule has 0 aliphatic carbocycles. The highest BCUT2D eigenvalue weighted by Crippen LogP contribution is 2.21. The number of fused-ring (bicyclic) bond motifs is 1. The zero-order valence-corrected chi connectivity index (χ0v) is 19.5. The molecule has 1 saturated heterocycles. The van der Waals surface area contributed by atoms with E-state index in [4.69, 9.17) is 10.5 Å². The zero-order chi connectivity index (χ0) is 24.1. The molecule has 1 aliphatic rings. The number of nitrogens with two attached hydrogens (primary N) is 1. The Kier molecular flexibility index (Phi) is 7.27. The van der Waals surface area contributed by atoms with Gasteiger partial charge in [0.2, 0.25) is 11.8 Å². The first kappa shape index (κ1) is 23.5. The fourth-order valence-corrected chi connectivity index (χ4v) is 4.35. The van der Waals surface area contributed by atoms with Gasteiger partial charge in [-0.15, -0.1) is 0 Å². The molecule has 2 N–H and O–H groups in total. The molecule has 34 heavy (non-hydrogen) atoms. The maximum Gasteiger partial charge on any atom is 0.248 e. The van der Waals surface area contributed by atoms with Crippen LogP contribution >= 0.6 is 0 Å². The number of pyridine rings is 1. The van der Waals surface area contributed by atoms with Gasteiger partial charge in [0.15, 0.2) is 0 Å². The number of piperidine rings is 1. The van der Waals surface area contributed by atoms with Crippen LogP contribution in [0.25, 0.3) is 17.0 Å². The number of carbonyl (C=O) groups excluding carboxylic acids is 2. The van der Waals surface area contributed by atoms with Crippen LogP contribution in [0.4, 0.5) is 5.82 Å². The molecule has 0 saturated carbocycles. The number of aromatic nitrogens is 2. The number of carbonyl (C=O) groups is 2. The molecule has 3 aromatic rings. The Bertz CT molecular complexity index is 1160. The third kappa shape index (κ3) is 5.28. The van der Waals surface area contributed by atoms with Gasteiger partial charge in [0.25, 0.3) is 0 Å². The van der Waals surface area contributed by atoms with Gasteiger partial charge in [-0.2, -0.15) is 0 Å². The number of likely N-dealkylation sites (N-methyl/N-ethyl adjacent to an activating group) is 1. The normalized spacial score (nSPS) is 14.3. The molecule has 1 aliphatic heterocycles. The molecule has 0 spiro atoms. The van der Waals surface area contributed by atoms with Crippen LogP contribution in [-0.4, -0.2) is 65.7 Å². The summed E-state index contributed by atoms with van der Waals surface area (Å²) in [5.41, 5.74) is 7.79. The van der Waals surface area contributed by atoms with Gasteiger partial charge < -0.3 is 24.8 Å². The van der Waals surface area contributed by atoms with Crippen molar-refractivity contribution in [1.82, 2.24) is 14.5 Å². The lowest BCUT2D eigenvalue weighted by molar-refractivity contribution is -0.137. The van der Waals surface area contributed by atoms with Crippen molar-refractivity contribution in [2.75, 3.05) is 38.3 Å². The number of primary amides is 1. The van der Waals surface area contributed by atoms with Crippen molar-refractivity contribution >= 4 is 34.6 Å². The van der Waals surface area contributed by atoms with Crippen molar-refractivity contribution in [3.8, 4) is 0 Å². The standard InChI is InChI=1S/C26H31N5O3/c1-3-19-4-7-24(28-17-19)31-12-9-22(10-13-31)29(2)25(32)18-34-15-14-30-11-8-20-5-6-21(26(27)33)16-23(20)30/h3-8,11,16-17,22H,1,9-10,12-15,18H2,2H3,(H2,27,33). The van der Waals surface area contributed by atoms with E-state index in [2.05, 4.69) is 16.5 Å². The van der Waals surface area contributed by atoms with Gasteiger partial charge in [0.05, 0.1) is 6.61 Å². The number of rotatable bonds is 9. The van der Waals surface area contributed by atoms with Crippen LogP contribution in [0.1, 0.15) is 28.8 Å². The molecule has 1 fully saturated rings. The predicted octanol–water partition coefficient (Wildman–Crippen LogP) is 2.92. The number of nitrogens with zero attached hydrogens (tertiary/aromatic N) is 4.